The minimum absolute atomic E-state index is 0.0423. The van der Waals surface area contributed by atoms with E-state index < -0.39 is 0 Å². The van der Waals surface area contributed by atoms with Gasteiger partial charge in [0, 0.05) is 23.2 Å². The molecule has 1 N–H and O–H groups in total. The summed E-state index contributed by atoms with van der Waals surface area (Å²) in [6.07, 6.45) is 2.69. The van der Waals surface area contributed by atoms with E-state index in [9.17, 15) is 4.79 Å². The maximum Gasteiger partial charge on any atom is 0.252 e. The van der Waals surface area contributed by atoms with Gasteiger partial charge in [-0.2, -0.15) is 4.98 Å². The summed E-state index contributed by atoms with van der Waals surface area (Å²) in [7, 11) is 0. The number of carbonyl (C=O) groups is 1. The number of nitrogens with one attached hydrogen (secondary N) is 1. The molecule has 4 aromatic rings. The topological polar surface area (TPSA) is 59.3 Å². The van der Waals surface area contributed by atoms with Crippen molar-refractivity contribution in [1.29, 1.82) is 0 Å². The fourth-order valence-electron chi connectivity index (χ4n) is 2.64. The lowest BCUT2D eigenvalue weighted by molar-refractivity contribution is 0.0951. The van der Waals surface area contributed by atoms with Crippen molar-refractivity contribution >= 4 is 45.3 Å². The molecule has 0 unspecified atom stereocenters. The number of thioether (sulfide) groups is 1. The maximum atomic E-state index is 12.4. The molecule has 0 radical (unpaired) electrons. The molecule has 1 aromatic carbocycles. The van der Waals surface area contributed by atoms with Crippen molar-refractivity contribution in [3.05, 3.63) is 58.4 Å². The number of thiophene rings is 1. The van der Waals surface area contributed by atoms with Crippen LogP contribution < -0.4 is 5.32 Å². The highest BCUT2D eigenvalue weighted by Gasteiger charge is 2.13. The second kappa shape index (κ2) is 7.61. The van der Waals surface area contributed by atoms with Crippen LogP contribution in [0.4, 0.5) is 0 Å². The van der Waals surface area contributed by atoms with Crippen molar-refractivity contribution in [2.24, 2.45) is 0 Å². The van der Waals surface area contributed by atoms with E-state index in [0.29, 0.717) is 13.0 Å². The largest absolute Gasteiger partial charge is 0.352 e. The summed E-state index contributed by atoms with van der Waals surface area (Å²) < 4.78 is 1.88. The van der Waals surface area contributed by atoms with E-state index in [4.69, 9.17) is 0 Å². The van der Waals surface area contributed by atoms with E-state index >= 15 is 0 Å². The van der Waals surface area contributed by atoms with Gasteiger partial charge in [0.1, 0.15) is 0 Å². The van der Waals surface area contributed by atoms with Crippen LogP contribution in [0.25, 0.3) is 15.7 Å². The highest BCUT2D eigenvalue weighted by Crippen LogP contribution is 2.24. The number of hydrogen-bond acceptors (Lipinski definition) is 6. The minimum Gasteiger partial charge on any atom is -0.352 e. The first-order valence-electron chi connectivity index (χ1n) is 8.04. The number of amides is 1. The van der Waals surface area contributed by atoms with E-state index in [1.807, 2.05) is 52.5 Å². The van der Waals surface area contributed by atoms with Crippen molar-refractivity contribution in [1.82, 2.24) is 19.9 Å². The van der Waals surface area contributed by atoms with E-state index in [-0.39, 0.29) is 5.91 Å². The molecule has 0 aliphatic heterocycles. The minimum atomic E-state index is -0.0423. The Bertz CT molecular complexity index is 1040. The fourth-order valence-corrected chi connectivity index (χ4v) is 4.74. The molecule has 4 rings (SSSR count). The molecule has 0 fully saturated rings. The molecule has 0 bridgehead atoms. The lowest BCUT2D eigenvalue weighted by atomic mass is 10.2. The molecule has 0 atom stereocenters. The predicted molar refractivity (Wildman–Crippen MR) is 108 cm³/mol. The normalized spacial score (nSPS) is 11.1. The van der Waals surface area contributed by atoms with Crippen LogP contribution in [0, 0.1) is 0 Å². The SMILES string of the molecule is CSc1ccccc1C(=O)NCCc1csc2nc(-c3cccs3)nn12. The number of nitrogens with zero attached hydrogens (tertiary/aromatic N) is 3. The third-order valence-corrected chi connectivity index (χ3v) is 6.44. The van der Waals surface area contributed by atoms with Crippen molar-refractivity contribution in [2.45, 2.75) is 11.3 Å². The van der Waals surface area contributed by atoms with Crippen molar-refractivity contribution < 1.29 is 4.79 Å². The van der Waals surface area contributed by atoms with Crippen LogP contribution in [-0.2, 0) is 6.42 Å². The molecular weight excluding hydrogens is 384 g/mol. The zero-order chi connectivity index (χ0) is 17.9. The van der Waals surface area contributed by atoms with Gasteiger partial charge in [0.25, 0.3) is 5.91 Å². The molecule has 0 saturated carbocycles. The lowest BCUT2D eigenvalue weighted by Crippen LogP contribution is -2.26. The van der Waals surface area contributed by atoms with Gasteiger partial charge in [-0.05, 0) is 29.8 Å². The van der Waals surface area contributed by atoms with Crippen LogP contribution in [-0.4, -0.2) is 33.3 Å². The Balaban J connectivity index is 1.44. The fraction of sp³-hybridized carbons (Fsp3) is 0.167. The second-order valence-electron chi connectivity index (χ2n) is 5.54. The zero-order valence-electron chi connectivity index (χ0n) is 14.0. The summed E-state index contributed by atoms with van der Waals surface area (Å²) in [5, 5.41) is 11.7. The van der Waals surface area contributed by atoms with Gasteiger partial charge in [-0.15, -0.1) is 39.5 Å². The molecule has 132 valence electrons. The first kappa shape index (κ1) is 17.3. The number of thiazole rings is 1. The molecule has 8 heteroatoms. The van der Waals surface area contributed by atoms with Gasteiger partial charge in [0.15, 0.2) is 5.82 Å². The summed E-state index contributed by atoms with van der Waals surface area (Å²) in [6, 6.07) is 11.7. The lowest BCUT2D eigenvalue weighted by Gasteiger charge is -2.08. The van der Waals surface area contributed by atoms with Crippen molar-refractivity contribution in [3.63, 3.8) is 0 Å². The molecule has 0 saturated heterocycles. The molecule has 5 nitrogen and oxygen atoms in total. The van der Waals surface area contributed by atoms with E-state index in [1.165, 1.54) is 0 Å². The van der Waals surface area contributed by atoms with Gasteiger partial charge in [0.2, 0.25) is 4.96 Å². The number of fused-ring (bicyclic) bond motifs is 1. The molecule has 3 aromatic heterocycles. The quantitative estimate of drug-likeness (QED) is 0.493. The summed E-state index contributed by atoms with van der Waals surface area (Å²) >= 11 is 4.78. The zero-order valence-corrected chi connectivity index (χ0v) is 16.5. The van der Waals surface area contributed by atoms with E-state index in [0.717, 1.165) is 31.8 Å². The molecule has 3 heterocycles. The first-order chi connectivity index (χ1) is 12.8. The molecular formula is C18H16N4OS3. The Morgan fingerprint density at radius 3 is 2.92 bits per heavy atom. The smallest absolute Gasteiger partial charge is 0.252 e. The van der Waals surface area contributed by atoms with Gasteiger partial charge in [-0.25, -0.2) is 4.52 Å². The van der Waals surface area contributed by atoms with Gasteiger partial charge in [-0.3, -0.25) is 4.79 Å². The predicted octanol–water partition coefficient (Wildman–Crippen LogP) is 4.21. The van der Waals surface area contributed by atoms with Crippen molar-refractivity contribution in [2.75, 3.05) is 12.8 Å². The summed E-state index contributed by atoms with van der Waals surface area (Å²) in [6.45, 7) is 0.557. The van der Waals surface area contributed by atoms with Gasteiger partial charge >= 0.3 is 0 Å². The van der Waals surface area contributed by atoms with Gasteiger partial charge < -0.3 is 5.32 Å². The Kier molecular flexibility index (Phi) is 5.05. The number of hydrogen-bond donors (Lipinski definition) is 1. The molecule has 0 aliphatic rings. The van der Waals surface area contributed by atoms with Crippen LogP contribution >= 0.6 is 34.4 Å². The first-order valence-corrected chi connectivity index (χ1v) is 11.0. The average Bonchev–Trinajstić information content (AvgIpc) is 3.39. The Hall–Kier alpha value is -2.16. The van der Waals surface area contributed by atoms with Crippen LogP contribution in [0.3, 0.4) is 0 Å². The number of aromatic nitrogens is 3. The average molecular weight is 401 g/mol. The number of carbonyl (C=O) groups excluding carboxylic acids is 1. The molecule has 26 heavy (non-hydrogen) atoms. The Labute approximate surface area is 163 Å². The van der Waals surface area contributed by atoms with Crippen LogP contribution in [0.5, 0.6) is 0 Å². The molecule has 0 aliphatic carbocycles. The third kappa shape index (κ3) is 3.40. The monoisotopic (exact) mass is 400 g/mol. The summed E-state index contributed by atoms with van der Waals surface area (Å²) in [4.78, 5) is 19.9. The highest BCUT2D eigenvalue weighted by molar-refractivity contribution is 7.98. The Morgan fingerprint density at radius 2 is 2.12 bits per heavy atom. The van der Waals surface area contributed by atoms with Crippen LogP contribution in [0.1, 0.15) is 16.1 Å². The summed E-state index contributed by atoms with van der Waals surface area (Å²) in [5.41, 5.74) is 1.77. The van der Waals surface area contributed by atoms with Crippen LogP contribution in [0.2, 0.25) is 0 Å². The molecule has 1 amide bonds. The summed E-state index contributed by atoms with van der Waals surface area (Å²) in [5.74, 6) is 0.713. The standard InChI is InChI=1S/C18H16N4OS3/c1-24-14-6-3-2-5-13(14)17(23)19-9-8-12-11-26-18-20-16(21-22(12)18)15-7-4-10-25-15/h2-7,10-11H,8-9H2,1H3,(H,19,23). The molecule has 0 spiro atoms. The second-order valence-corrected chi connectivity index (χ2v) is 8.17. The number of rotatable bonds is 6. The number of benzene rings is 1. The third-order valence-electron chi connectivity index (χ3n) is 3.91. The Morgan fingerprint density at radius 1 is 1.23 bits per heavy atom. The van der Waals surface area contributed by atoms with Crippen molar-refractivity contribution in [3.8, 4) is 10.7 Å². The van der Waals surface area contributed by atoms with Crippen LogP contribution in [0.15, 0.2) is 52.1 Å². The van der Waals surface area contributed by atoms with Gasteiger partial charge in [0.05, 0.1) is 16.1 Å². The van der Waals surface area contributed by atoms with E-state index in [2.05, 4.69) is 20.8 Å². The van der Waals surface area contributed by atoms with Gasteiger partial charge in [-0.1, -0.05) is 18.2 Å². The maximum absolute atomic E-state index is 12.4. The van der Waals surface area contributed by atoms with E-state index in [1.54, 1.807) is 34.4 Å². The highest BCUT2D eigenvalue weighted by atomic mass is 32.2.